The molecule has 94 valence electrons. The molecule has 0 saturated carbocycles. The highest BCUT2D eigenvalue weighted by molar-refractivity contribution is 8.23. The molecular formula is C11H17N3OS2. The van der Waals surface area contributed by atoms with Crippen LogP contribution >= 0.6 is 24.0 Å². The Morgan fingerprint density at radius 3 is 2.35 bits per heavy atom. The van der Waals surface area contributed by atoms with Crippen molar-refractivity contribution in [1.29, 1.82) is 5.26 Å². The van der Waals surface area contributed by atoms with Crippen LogP contribution in [0.2, 0.25) is 0 Å². The lowest BCUT2D eigenvalue weighted by molar-refractivity contribution is -0.112. The van der Waals surface area contributed by atoms with Crippen LogP contribution in [0.15, 0.2) is 11.3 Å². The minimum atomic E-state index is -0.271. The maximum absolute atomic E-state index is 11.7. The summed E-state index contributed by atoms with van der Waals surface area (Å²) in [7, 11) is 0. The zero-order valence-corrected chi connectivity index (χ0v) is 12.0. The van der Waals surface area contributed by atoms with Gasteiger partial charge in [0.1, 0.15) is 16.0 Å². The third-order valence-corrected chi connectivity index (χ3v) is 3.66. The molecule has 0 bridgehead atoms. The van der Waals surface area contributed by atoms with Crippen molar-refractivity contribution in [2.24, 2.45) is 5.73 Å². The number of nitrogens with zero attached hydrogens (tertiary/aromatic N) is 2. The Kier molecular flexibility index (Phi) is 7.59. The van der Waals surface area contributed by atoms with Crippen LogP contribution in [0.5, 0.6) is 0 Å². The fourth-order valence-electron chi connectivity index (χ4n) is 1.14. The highest BCUT2D eigenvalue weighted by Crippen LogP contribution is 2.12. The standard InChI is InChI=1S/C11H17N3OS2/c1-4-14(5-2)11(16)17-7-10(15)9(6-12)8(3)13/h4-5,7,13H2,1-3H3/b9-8+. The van der Waals surface area contributed by atoms with Crippen molar-refractivity contribution in [3.63, 3.8) is 0 Å². The lowest BCUT2D eigenvalue weighted by atomic mass is 10.2. The van der Waals surface area contributed by atoms with Gasteiger partial charge in [-0.3, -0.25) is 4.79 Å². The Hall–Kier alpha value is -1.06. The minimum Gasteiger partial charge on any atom is -0.401 e. The van der Waals surface area contributed by atoms with Crippen LogP contribution in [0, 0.1) is 11.3 Å². The molecule has 0 heterocycles. The fraction of sp³-hybridized carbons (Fsp3) is 0.545. The molecule has 0 aliphatic rings. The van der Waals surface area contributed by atoms with Gasteiger partial charge in [-0.1, -0.05) is 24.0 Å². The van der Waals surface area contributed by atoms with E-state index in [2.05, 4.69) is 0 Å². The maximum atomic E-state index is 11.7. The van der Waals surface area contributed by atoms with Crippen LogP contribution in [0.1, 0.15) is 20.8 Å². The van der Waals surface area contributed by atoms with Crippen LogP contribution in [-0.4, -0.2) is 33.8 Å². The molecule has 0 unspecified atom stereocenters. The SMILES string of the molecule is CCN(CC)C(=S)SCC(=O)/C(C#N)=C(\C)N. The first-order valence-electron chi connectivity index (χ1n) is 5.29. The molecule has 0 aliphatic heterocycles. The van der Waals surface area contributed by atoms with Crippen molar-refractivity contribution in [2.45, 2.75) is 20.8 Å². The van der Waals surface area contributed by atoms with Gasteiger partial charge in [0.2, 0.25) is 0 Å². The number of thioether (sulfide) groups is 1. The number of ketones is 1. The summed E-state index contributed by atoms with van der Waals surface area (Å²) < 4.78 is 0.676. The molecule has 17 heavy (non-hydrogen) atoms. The molecule has 0 spiro atoms. The number of hydrogen-bond donors (Lipinski definition) is 1. The highest BCUT2D eigenvalue weighted by Gasteiger charge is 2.14. The molecule has 0 rings (SSSR count). The average molecular weight is 271 g/mol. The molecule has 0 aromatic carbocycles. The van der Waals surface area contributed by atoms with E-state index < -0.39 is 0 Å². The van der Waals surface area contributed by atoms with Gasteiger partial charge in [-0.2, -0.15) is 5.26 Å². The Morgan fingerprint density at radius 2 is 2.00 bits per heavy atom. The van der Waals surface area contributed by atoms with Crippen molar-refractivity contribution in [3.05, 3.63) is 11.3 Å². The van der Waals surface area contributed by atoms with Crippen molar-refractivity contribution in [1.82, 2.24) is 4.90 Å². The van der Waals surface area contributed by atoms with Gasteiger partial charge in [0, 0.05) is 18.8 Å². The summed E-state index contributed by atoms with van der Waals surface area (Å²) in [5.74, 6) is -0.112. The summed E-state index contributed by atoms with van der Waals surface area (Å²) in [6.07, 6.45) is 0. The Balaban J connectivity index is 4.41. The number of allylic oxidation sites excluding steroid dienone is 2. The Bertz CT molecular complexity index is 363. The normalized spacial score (nSPS) is 11.4. The molecule has 0 saturated heterocycles. The summed E-state index contributed by atoms with van der Waals surface area (Å²) in [6, 6.07) is 1.82. The van der Waals surface area contributed by atoms with E-state index in [9.17, 15) is 4.79 Å². The number of thiocarbonyl (C=S) groups is 1. The predicted molar refractivity (Wildman–Crippen MR) is 75.5 cm³/mol. The molecule has 0 aromatic rings. The van der Waals surface area contributed by atoms with Crippen molar-refractivity contribution in [3.8, 4) is 6.07 Å². The second kappa shape index (κ2) is 8.09. The summed E-state index contributed by atoms with van der Waals surface area (Å²) >= 11 is 6.46. The van der Waals surface area contributed by atoms with Gasteiger partial charge in [0.25, 0.3) is 0 Å². The van der Waals surface area contributed by atoms with Gasteiger partial charge in [0.15, 0.2) is 5.78 Å². The molecule has 0 radical (unpaired) electrons. The van der Waals surface area contributed by atoms with Gasteiger partial charge in [-0.25, -0.2) is 0 Å². The van der Waals surface area contributed by atoms with E-state index in [-0.39, 0.29) is 22.8 Å². The number of rotatable bonds is 5. The first-order valence-corrected chi connectivity index (χ1v) is 6.68. The highest BCUT2D eigenvalue weighted by atomic mass is 32.2. The molecule has 4 nitrogen and oxygen atoms in total. The average Bonchev–Trinajstić information content (AvgIpc) is 2.28. The summed E-state index contributed by atoms with van der Waals surface area (Å²) in [5, 5.41) is 8.77. The van der Waals surface area contributed by atoms with Crippen molar-refractivity contribution in [2.75, 3.05) is 18.8 Å². The lowest BCUT2D eigenvalue weighted by Crippen LogP contribution is -2.27. The second-order valence-electron chi connectivity index (χ2n) is 3.32. The molecule has 0 fully saturated rings. The van der Waals surface area contributed by atoms with Crippen molar-refractivity contribution < 1.29 is 4.79 Å². The number of carbonyl (C=O) groups excluding carboxylic acids is 1. The minimum absolute atomic E-state index is 0.0276. The maximum Gasteiger partial charge on any atom is 0.185 e. The first-order chi connectivity index (χ1) is 7.97. The van der Waals surface area contributed by atoms with E-state index in [1.54, 1.807) is 6.92 Å². The van der Waals surface area contributed by atoms with Crippen LogP contribution in [0.25, 0.3) is 0 Å². The molecule has 0 amide bonds. The van der Waals surface area contributed by atoms with Gasteiger partial charge in [0.05, 0.1) is 5.75 Å². The van der Waals surface area contributed by atoms with E-state index >= 15 is 0 Å². The number of nitriles is 1. The van der Waals surface area contributed by atoms with Crippen LogP contribution in [0.3, 0.4) is 0 Å². The topological polar surface area (TPSA) is 70.1 Å². The third kappa shape index (κ3) is 5.20. The summed E-state index contributed by atoms with van der Waals surface area (Å²) in [4.78, 5) is 13.6. The largest absolute Gasteiger partial charge is 0.401 e. The second-order valence-corrected chi connectivity index (χ2v) is 4.93. The predicted octanol–water partition coefficient (Wildman–Crippen LogP) is 1.67. The lowest BCUT2D eigenvalue weighted by Gasteiger charge is -2.20. The number of hydrogen-bond acceptors (Lipinski definition) is 5. The van der Waals surface area contributed by atoms with Gasteiger partial charge in [-0.15, -0.1) is 0 Å². The van der Waals surface area contributed by atoms with E-state index in [0.717, 1.165) is 13.1 Å². The zero-order valence-electron chi connectivity index (χ0n) is 10.3. The van der Waals surface area contributed by atoms with Gasteiger partial charge in [-0.05, 0) is 20.8 Å². The van der Waals surface area contributed by atoms with Crippen molar-refractivity contribution >= 4 is 34.1 Å². The zero-order chi connectivity index (χ0) is 13.4. The summed E-state index contributed by atoms with van der Waals surface area (Å²) in [5.41, 5.74) is 5.73. The van der Waals surface area contributed by atoms with Crippen LogP contribution < -0.4 is 5.73 Å². The van der Waals surface area contributed by atoms with Crippen LogP contribution in [-0.2, 0) is 4.79 Å². The van der Waals surface area contributed by atoms with E-state index in [0.29, 0.717) is 4.32 Å². The van der Waals surface area contributed by atoms with E-state index in [4.69, 9.17) is 23.2 Å². The number of Topliss-reactive ketones (excluding diaryl/α,β-unsaturated/α-hetero) is 1. The van der Waals surface area contributed by atoms with Gasteiger partial charge < -0.3 is 10.6 Å². The fourth-order valence-corrected chi connectivity index (χ4v) is 2.42. The Labute approximate surface area is 112 Å². The molecule has 0 aromatic heterocycles. The van der Waals surface area contributed by atoms with Crippen LogP contribution in [0.4, 0.5) is 0 Å². The molecule has 2 N–H and O–H groups in total. The Morgan fingerprint density at radius 1 is 1.47 bits per heavy atom. The van der Waals surface area contributed by atoms with E-state index in [1.165, 1.54) is 11.8 Å². The molecule has 0 atom stereocenters. The molecular weight excluding hydrogens is 254 g/mol. The first kappa shape index (κ1) is 15.9. The summed E-state index contributed by atoms with van der Waals surface area (Å²) in [6.45, 7) is 7.18. The smallest absolute Gasteiger partial charge is 0.185 e. The number of nitrogens with two attached hydrogens (primary N) is 1. The van der Waals surface area contributed by atoms with Gasteiger partial charge >= 0.3 is 0 Å². The quantitative estimate of drug-likeness (QED) is 0.466. The molecule has 6 heteroatoms. The van der Waals surface area contributed by atoms with E-state index in [1.807, 2.05) is 24.8 Å². The molecule has 0 aliphatic carbocycles. The monoisotopic (exact) mass is 271 g/mol. The number of carbonyl (C=O) groups is 1. The third-order valence-electron chi connectivity index (χ3n) is 2.13.